The van der Waals surface area contributed by atoms with Gasteiger partial charge < -0.3 is 15.5 Å². The Kier molecular flexibility index (Phi) is 5.61. The maximum atomic E-state index is 11.6. The molecule has 0 saturated carbocycles. The molecule has 0 atom stereocenters. The third-order valence-corrected chi connectivity index (χ3v) is 2.65. The fourth-order valence-electron chi connectivity index (χ4n) is 1.81. The molecular formula is C12H21N3O3. The molecule has 1 fully saturated rings. The quantitative estimate of drug-likeness (QED) is 0.704. The minimum absolute atomic E-state index is 0.0167. The number of hydrogen-bond acceptors (Lipinski definition) is 3. The zero-order chi connectivity index (χ0) is 13.5. The van der Waals surface area contributed by atoms with Gasteiger partial charge in [-0.3, -0.25) is 14.4 Å². The van der Waals surface area contributed by atoms with E-state index in [0.717, 1.165) is 12.8 Å². The summed E-state index contributed by atoms with van der Waals surface area (Å²) in [6, 6.07) is 0.0538. The molecule has 1 heterocycles. The number of hydrogen-bond donors (Lipinski definition) is 2. The van der Waals surface area contributed by atoms with Gasteiger partial charge in [0.2, 0.25) is 17.7 Å². The van der Waals surface area contributed by atoms with Gasteiger partial charge in [0.25, 0.3) is 0 Å². The van der Waals surface area contributed by atoms with E-state index in [4.69, 9.17) is 0 Å². The summed E-state index contributed by atoms with van der Waals surface area (Å²) in [5, 5.41) is 5.19. The highest BCUT2D eigenvalue weighted by Crippen LogP contribution is 2.09. The summed E-state index contributed by atoms with van der Waals surface area (Å²) >= 11 is 0. The van der Waals surface area contributed by atoms with E-state index >= 15 is 0 Å². The second-order valence-corrected chi connectivity index (χ2v) is 4.77. The van der Waals surface area contributed by atoms with Crippen molar-refractivity contribution in [3.8, 4) is 0 Å². The number of likely N-dealkylation sites (tertiary alicyclic amines) is 1. The van der Waals surface area contributed by atoms with Crippen molar-refractivity contribution in [1.29, 1.82) is 0 Å². The summed E-state index contributed by atoms with van der Waals surface area (Å²) in [5.74, 6) is -0.490. The van der Waals surface area contributed by atoms with Crippen LogP contribution in [0.4, 0.5) is 0 Å². The van der Waals surface area contributed by atoms with E-state index in [-0.39, 0.29) is 36.9 Å². The average molecular weight is 255 g/mol. The first-order valence-electron chi connectivity index (χ1n) is 6.33. The molecule has 0 aromatic rings. The normalized spacial score (nSPS) is 15.7. The van der Waals surface area contributed by atoms with Crippen LogP contribution in [0.3, 0.4) is 0 Å². The summed E-state index contributed by atoms with van der Waals surface area (Å²) in [6.07, 6.45) is 2.35. The Morgan fingerprint density at radius 2 is 2.00 bits per heavy atom. The third kappa shape index (κ3) is 5.16. The predicted molar refractivity (Wildman–Crippen MR) is 66.7 cm³/mol. The smallest absolute Gasteiger partial charge is 0.240 e. The van der Waals surface area contributed by atoms with Crippen molar-refractivity contribution < 1.29 is 14.4 Å². The molecule has 18 heavy (non-hydrogen) atoms. The minimum atomic E-state index is -0.288. The number of nitrogens with one attached hydrogen (secondary N) is 2. The van der Waals surface area contributed by atoms with E-state index < -0.39 is 0 Å². The first-order chi connectivity index (χ1) is 8.49. The van der Waals surface area contributed by atoms with Crippen LogP contribution in [-0.2, 0) is 14.4 Å². The van der Waals surface area contributed by atoms with Crippen LogP contribution < -0.4 is 10.6 Å². The molecule has 1 saturated heterocycles. The Hall–Kier alpha value is -1.59. The first-order valence-corrected chi connectivity index (χ1v) is 6.33. The Morgan fingerprint density at radius 3 is 2.61 bits per heavy atom. The largest absolute Gasteiger partial charge is 0.352 e. The highest BCUT2D eigenvalue weighted by molar-refractivity contribution is 5.88. The summed E-state index contributed by atoms with van der Waals surface area (Å²) in [5.41, 5.74) is 0. The highest BCUT2D eigenvalue weighted by atomic mass is 16.2. The number of carbonyl (C=O) groups is 3. The van der Waals surface area contributed by atoms with Gasteiger partial charge >= 0.3 is 0 Å². The van der Waals surface area contributed by atoms with Gasteiger partial charge in [0, 0.05) is 19.0 Å². The number of amides is 3. The Balaban J connectivity index is 2.24. The molecule has 6 heteroatoms. The molecule has 0 aromatic carbocycles. The van der Waals surface area contributed by atoms with Crippen LogP contribution >= 0.6 is 0 Å². The van der Waals surface area contributed by atoms with E-state index in [9.17, 15) is 14.4 Å². The standard InChI is InChI=1S/C12H21N3O3/c1-9(2)14-10(16)7-13-11(17)8-15-6-4-3-5-12(15)18/h9H,3-8H2,1-2H3,(H,13,17)(H,14,16). The SMILES string of the molecule is CC(C)NC(=O)CNC(=O)CN1CCCCC1=O. The topological polar surface area (TPSA) is 78.5 Å². The lowest BCUT2D eigenvalue weighted by molar-refractivity contribution is -0.138. The molecular weight excluding hydrogens is 234 g/mol. The molecule has 102 valence electrons. The zero-order valence-electron chi connectivity index (χ0n) is 11.0. The van der Waals surface area contributed by atoms with Crippen molar-refractivity contribution >= 4 is 17.7 Å². The molecule has 3 amide bonds. The van der Waals surface area contributed by atoms with Gasteiger partial charge in [-0.05, 0) is 26.7 Å². The van der Waals surface area contributed by atoms with Crippen molar-refractivity contribution in [2.45, 2.75) is 39.2 Å². The van der Waals surface area contributed by atoms with Crippen LogP contribution in [0.1, 0.15) is 33.1 Å². The van der Waals surface area contributed by atoms with Crippen LogP contribution in [0.25, 0.3) is 0 Å². The van der Waals surface area contributed by atoms with Crippen molar-refractivity contribution in [1.82, 2.24) is 15.5 Å². The lowest BCUT2D eigenvalue weighted by atomic mass is 10.1. The van der Waals surface area contributed by atoms with Crippen LogP contribution in [0.2, 0.25) is 0 Å². The molecule has 0 radical (unpaired) electrons. The van der Waals surface area contributed by atoms with Gasteiger partial charge in [0.15, 0.2) is 0 Å². The molecule has 1 rings (SSSR count). The van der Waals surface area contributed by atoms with E-state index in [1.54, 1.807) is 4.90 Å². The number of piperidine rings is 1. The molecule has 1 aliphatic rings. The lowest BCUT2D eigenvalue weighted by Gasteiger charge is -2.25. The van der Waals surface area contributed by atoms with E-state index in [0.29, 0.717) is 13.0 Å². The molecule has 0 unspecified atom stereocenters. The Bertz CT molecular complexity index is 329. The summed E-state index contributed by atoms with van der Waals surface area (Å²) in [4.78, 5) is 35.9. The van der Waals surface area contributed by atoms with Crippen LogP contribution in [-0.4, -0.2) is 48.3 Å². The van der Waals surface area contributed by atoms with Crippen molar-refractivity contribution in [3.05, 3.63) is 0 Å². The van der Waals surface area contributed by atoms with Crippen molar-refractivity contribution in [2.75, 3.05) is 19.6 Å². The number of carbonyl (C=O) groups excluding carboxylic acids is 3. The molecule has 0 spiro atoms. The molecule has 1 aliphatic heterocycles. The van der Waals surface area contributed by atoms with Crippen molar-refractivity contribution in [3.63, 3.8) is 0 Å². The third-order valence-electron chi connectivity index (χ3n) is 2.65. The van der Waals surface area contributed by atoms with Gasteiger partial charge in [-0.25, -0.2) is 0 Å². The highest BCUT2D eigenvalue weighted by Gasteiger charge is 2.20. The Morgan fingerprint density at radius 1 is 1.28 bits per heavy atom. The van der Waals surface area contributed by atoms with Gasteiger partial charge in [-0.15, -0.1) is 0 Å². The second-order valence-electron chi connectivity index (χ2n) is 4.77. The predicted octanol–water partition coefficient (Wildman–Crippen LogP) is -0.360. The zero-order valence-corrected chi connectivity index (χ0v) is 11.0. The first kappa shape index (κ1) is 14.5. The van der Waals surface area contributed by atoms with Gasteiger partial charge in [0.1, 0.15) is 0 Å². The fourth-order valence-corrected chi connectivity index (χ4v) is 1.81. The van der Waals surface area contributed by atoms with Gasteiger partial charge in [-0.2, -0.15) is 0 Å². The minimum Gasteiger partial charge on any atom is -0.352 e. The summed E-state index contributed by atoms with van der Waals surface area (Å²) in [6.45, 7) is 4.34. The van der Waals surface area contributed by atoms with Crippen LogP contribution in [0.15, 0.2) is 0 Å². The fraction of sp³-hybridized carbons (Fsp3) is 0.750. The van der Waals surface area contributed by atoms with Crippen LogP contribution in [0, 0.1) is 0 Å². The van der Waals surface area contributed by atoms with Gasteiger partial charge in [-0.1, -0.05) is 0 Å². The summed E-state index contributed by atoms with van der Waals surface area (Å²) in [7, 11) is 0. The number of nitrogens with zero attached hydrogens (tertiary/aromatic N) is 1. The van der Waals surface area contributed by atoms with E-state index in [1.807, 2.05) is 13.8 Å². The maximum Gasteiger partial charge on any atom is 0.240 e. The number of rotatable bonds is 5. The molecule has 0 aromatic heterocycles. The van der Waals surface area contributed by atoms with Gasteiger partial charge in [0.05, 0.1) is 13.1 Å². The van der Waals surface area contributed by atoms with Crippen molar-refractivity contribution in [2.24, 2.45) is 0 Å². The van der Waals surface area contributed by atoms with E-state index in [1.165, 1.54) is 0 Å². The second kappa shape index (κ2) is 6.98. The van der Waals surface area contributed by atoms with Crippen LogP contribution in [0.5, 0.6) is 0 Å². The van der Waals surface area contributed by atoms with E-state index in [2.05, 4.69) is 10.6 Å². The summed E-state index contributed by atoms with van der Waals surface area (Å²) < 4.78 is 0. The monoisotopic (exact) mass is 255 g/mol. The molecule has 0 aliphatic carbocycles. The molecule has 6 nitrogen and oxygen atoms in total. The molecule has 2 N–H and O–H groups in total. The average Bonchev–Trinajstić information content (AvgIpc) is 2.29. The maximum absolute atomic E-state index is 11.6. The Labute approximate surface area is 107 Å². The lowest BCUT2D eigenvalue weighted by Crippen LogP contribution is -2.46. The molecule has 0 bridgehead atoms.